The van der Waals surface area contributed by atoms with Crippen molar-refractivity contribution in [3.05, 3.63) is 23.8 Å². The minimum Gasteiger partial charge on any atom is -0.495 e. The highest BCUT2D eigenvalue weighted by Gasteiger charge is 2.44. The zero-order chi connectivity index (χ0) is 21.1. The smallest absolute Gasteiger partial charge is 0.331 e. The number of nitrogens with one attached hydrogen (secondary N) is 1. The molecule has 1 heterocycles. The maximum Gasteiger partial charge on any atom is 0.331 e. The maximum absolute atomic E-state index is 13.1. The van der Waals surface area contributed by atoms with Gasteiger partial charge in [0.15, 0.2) is 0 Å². The summed E-state index contributed by atoms with van der Waals surface area (Å²) >= 11 is 0. The molecular weight excluding hydrogens is 400 g/mol. The summed E-state index contributed by atoms with van der Waals surface area (Å²) in [5, 5.41) is 2.77. The van der Waals surface area contributed by atoms with Gasteiger partial charge in [0.25, 0.3) is 5.91 Å². The highest BCUT2D eigenvalue weighted by atomic mass is 32.2. The number of morpholine rings is 1. The summed E-state index contributed by atoms with van der Waals surface area (Å²) in [5.41, 5.74) is -0.942. The Kier molecular flexibility index (Phi) is 6.45. The topological polar surface area (TPSA) is 111 Å². The van der Waals surface area contributed by atoms with Gasteiger partial charge in [-0.2, -0.15) is 4.31 Å². The lowest BCUT2D eigenvalue weighted by atomic mass is 9.97. The number of carbonyl (C=O) groups is 2. The maximum atomic E-state index is 13.1. The summed E-state index contributed by atoms with van der Waals surface area (Å²) in [7, 11) is -1.21. The average molecular weight is 426 g/mol. The van der Waals surface area contributed by atoms with Crippen LogP contribution in [0.4, 0.5) is 0 Å². The summed E-state index contributed by atoms with van der Waals surface area (Å²) in [6.45, 7) is 1.08. The van der Waals surface area contributed by atoms with E-state index in [1.165, 1.54) is 36.7 Å². The average Bonchev–Trinajstić information content (AvgIpc) is 3.22. The summed E-state index contributed by atoms with van der Waals surface area (Å²) < 4.78 is 42.8. The third-order valence-electron chi connectivity index (χ3n) is 5.40. The second-order valence-corrected chi connectivity index (χ2v) is 9.02. The monoisotopic (exact) mass is 426 g/mol. The first-order valence-corrected chi connectivity index (χ1v) is 10.9. The molecule has 1 aliphatic heterocycles. The number of benzene rings is 1. The fourth-order valence-corrected chi connectivity index (χ4v) is 5.38. The molecule has 1 saturated carbocycles. The number of methoxy groups -OCH3 is 2. The van der Waals surface area contributed by atoms with E-state index in [1.54, 1.807) is 0 Å². The molecule has 1 N–H and O–H groups in total. The first-order valence-electron chi connectivity index (χ1n) is 9.51. The van der Waals surface area contributed by atoms with E-state index in [1.807, 2.05) is 0 Å². The first-order chi connectivity index (χ1) is 13.8. The number of nitrogens with zero attached hydrogens (tertiary/aromatic N) is 1. The molecule has 9 nitrogen and oxygen atoms in total. The van der Waals surface area contributed by atoms with Crippen molar-refractivity contribution in [2.45, 2.75) is 36.1 Å². The lowest BCUT2D eigenvalue weighted by Crippen LogP contribution is -2.53. The molecule has 0 spiro atoms. The van der Waals surface area contributed by atoms with Crippen LogP contribution in [-0.4, -0.2) is 70.7 Å². The number of amides is 1. The zero-order valence-corrected chi connectivity index (χ0v) is 17.4. The second kappa shape index (κ2) is 8.68. The fraction of sp³-hybridized carbons (Fsp3) is 0.579. The highest BCUT2D eigenvalue weighted by molar-refractivity contribution is 7.89. The summed E-state index contributed by atoms with van der Waals surface area (Å²) in [4.78, 5) is 25.1. The van der Waals surface area contributed by atoms with Crippen molar-refractivity contribution in [3.63, 3.8) is 0 Å². The zero-order valence-electron chi connectivity index (χ0n) is 16.6. The van der Waals surface area contributed by atoms with Gasteiger partial charge in [-0.1, -0.05) is 12.8 Å². The second-order valence-electron chi connectivity index (χ2n) is 7.12. The van der Waals surface area contributed by atoms with Crippen LogP contribution in [0.3, 0.4) is 0 Å². The summed E-state index contributed by atoms with van der Waals surface area (Å²) in [6, 6.07) is 4.22. The third kappa shape index (κ3) is 4.24. The Bertz CT molecular complexity index is 873. The molecule has 0 unspecified atom stereocenters. The molecule has 3 rings (SSSR count). The largest absolute Gasteiger partial charge is 0.495 e. The number of esters is 1. The summed E-state index contributed by atoms with van der Waals surface area (Å²) in [5.74, 6) is -0.868. The Hall–Kier alpha value is -2.17. The predicted molar refractivity (Wildman–Crippen MR) is 103 cm³/mol. The van der Waals surface area contributed by atoms with Crippen LogP contribution in [0.25, 0.3) is 0 Å². The number of ether oxygens (including phenoxy) is 3. The van der Waals surface area contributed by atoms with Crippen LogP contribution in [0.5, 0.6) is 5.75 Å². The number of sulfonamides is 1. The van der Waals surface area contributed by atoms with Gasteiger partial charge in [-0.05, 0) is 31.0 Å². The Balaban J connectivity index is 1.92. The van der Waals surface area contributed by atoms with Crippen molar-refractivity contribution in [2.75, 3.05) is 40.5 Å². The van der Waals surface area contributed by atoms with Gasteiger partial charge in [0.1, 0.15) is 16.2 Å². The third-order valence-corrected chi connectivity index (χ3v) is 7.32. The van der Waals surface area contributed by atoms with Gasteiger partial charge in [0.2, 0.25) is 10.0 Å². The predicted octanol–water partition coefficient (Wildman–Crippen LogP) is 0.932. The van der Waals surface area contributed by atoms with Crippen molar-refractivity contribution >= 4 is 21.9 Å². The fourth-order valence-electron chi connectivity index (χ4n) is 3.79. The minimum atomic E-state index is -3.87. The first kappa shape index (κ1) is 21.5. The Labute approximate surface area is 170 Å². The van der Waals surface area contributed by atoms with Crippen LogP contribution in [0.15, 0.2) is 23.1 Å². The van der Waals surface area contributed by atoms with Crippen LogP contribution in [0, 0.1) is 0 Å². The van der Waals surface area contributed by atoms with E-state index in [-0.39, 0.29) is 29.3 Å². The SMILES string of the molecule is COC(=O)C1(NC(=O)c2ccc(OC)c(S(=O)(=O)N3CCOCC3)c2)CCCC1. The lowest BCUT2D eigenvalue weighted by Gasteiger charge is -2.28. The van der Waals surface area contributed by atoms with Gasteiger partial charge in [-0.15, -0.1) is 0 Å². The highest BCUT2D eigenvalue weighted by Crippen LogP contribution is 2.32. The van der Waals surface area contributed by atoms with Crippen molar-refractivity contribution in [1.82, 2.24) is 9.62 Å². The van der Waals surface area contributed by atoms with E-state index < -0.39 is 27.4 Å². The molecule has 160 valence electrons. The molecule has 2 aliphatic rings. The number of carbonyl (C=O) groups excluding carboxylic acids is 2. The molecule has 1 aliphatic carbocycles. The van der Waals surface area contributed by atoms with Crippen molar-refractivity contribution in [3.8, 4) is 5.75 Å². The Morgan fingerprint density at radius 2 is 1.79 bits per heavy atom. The molecule has 1 aromatic rings. The van der Waals surface area contributed by atoms with Gasteiger partial charge >= 0.3 is 5.97 Å². The van der Waals surface area contributed by atoms with Crippen LogP contribution in [0.1, 0.15) is 36.0 Å². The molecule has 0 radical (unpaired) electrons. The van der Waals surface area contributed by atoms with Gasteiger partial charge < -0.3 is 19.5 Å². The molecule has 1 amide bonds. The van der Waals surface area contributed by atoms with E-state index in [0.717, 1.165) is 12.8 Å². The van der Waals surface area contributed by atoms with E-state index in [2.05, 4.69) is 5.32 Å². The molecule has 29 heavy (non-hydrogen) atoms. The van der Waals surface area contributed by atoms with E-state index >= 15 is 0 Å². The van der Waals surface area contributed by atoms with Crippen molar-refractivity contribution in [2.24, 2.45) is 0 Å². The van der Waals surface area contributed by atoms with Gasteiger partial charge in [0.05, 0.1) is 27.4 Å². The molecule has 0 aromatic heterocycles. The van der Waals surface area contributed by atoms with Crippen LogP contribution in [0.2, 0.25) is 0 Å². The molecule has 2 fully saturated rings. The standard InChI is InChI=1S/C19H26N2O7S/c1-26-15-6-5-14(13-16(15)29(24,25)21-9-11-28-12-10-21)17(22)20-19(18(23)27-2)7-3-4-8-19/h5-6,13H,3-4,7-12H2,1-2H3,(H,20,22). The van der Waals surface area contributed by atoms with Crippen LogP contribution in [-0.2, 0) is 24.3 Å². The number of hydrogen-bond acceptors (Lipinski definition) is 7. The number of hydrogen-bond donors (Lipinski definition) is 1. The summed E-state index contributed by atoms with van der Waals surface area (Å²) in [6.07, 6.45) is 2.57. The molecule has 10 heteroatoms. The van der Waals surface area contributed by atoms with Crippen LogP contribution < -0.4 is 10.1 Å². The van der Waals surface area contributed by atoms with Gasteiger partial charge in [-0.25, -0.2) is 13.2 Å². The molecule has 1 saturated heterocycles. The molecule has 0 bridgehead atoms. The van der Waals surface area contributed by atoms with Crippen molar-refractivity contribution < 1.29 is 32.2 Å². The molecular formula is C19H26N2O7S. The minimum absolute atomic E-state index is 0.0897. The van der Waals surface area contributed by atoms with E-state index in [0.29, 0.717) is 26.1 Å². The van der Waals surface area contributed by atoms with Crippen molar-refractivity contribution in [1.29, 1.82) is 0 Å². The molecule has 1 aromatic carbocycles. The number of rotatable bonds is 6. The lowest BCUT2D eigenvalue weighted by molar-refractivity contribution is -0.148. The van der Waals surface area contributed by atoms with E-state index in [9.17, 15) is 18.0 Å². The molecule has 0 atom stereocenters. The van der Waals surface area contributed by atoms with Crippen LogP contribution >= 0.6 is 0 Å². The quantitative estimate of drug-likeness (QED) is 0.674. The Morgan fingerprint density at radius 3 is 2.38 bits per heavy atom. The van der Waals surface area contributed by atoms with E-state index in [4.69, 9.17) is 14.2 Å². The van der Waals surface area contributed by atoms with Gasteiger partial charge in [-0.3, -0.25) is 4.79 Å². The normalized spacial score (nSPS) is 19.5. The van der Waals surface area contributed by atoms with Gasteiger partial charge in [0, 0.05) is 18.7 Å². The Morgan fingerprint density at radius 1 is 1.14 bits per heavy atom.